The van der Waals surface area contributed by atoms with Crippen LogP contribution >= 0.6 is 11.6 Å². The van der Waals surface area contributed by atoms with E-state index in [1.165, 1.54) is 34.6 Å². The number of aromatic nitrogens is 1. The molecule has 2 heterocycles. The molecule has 0 radical (unpaired) electrons. The van der Waals surface area contributed by atoms with Gasteiger partial charge >= 0.3 is 6.18 Å². The average Bonchev–Trinajstić information content (AvgIpc) is 2.73. The minimum Gasteiger partial charge on any atom is -0.468 e. The van der Waals surface area contributed by atoms with Gasteiger partial charge in [0, 0.05) is 19.2 Å². The lowest BCUT2D eigenvalue weighted by atomic mass is 10.2. The van der Waals surface area contributed by atoms with Gasteiger partial charge in [-0.1, -0.05) is 18.0 Å². The highest BCUT2D eigenvalue weighted by molar-refractivity contribution is 7.89. The van der Waals surface area contributed by atoms with E-state index in [1.54, 1.807) is 0 Å². The number of nitrogens with one attached hydrogen (secondary N) is 1. The lowest BCUT2D eigenvalue weighted by Gasteiger charge is -2.26. The molecule has 1 fully saturated rings. The van der Waals surface area contributed by atoms with Crippen molar-refractivity contribution < 1.29 is 31.1 Å². The fourth-order valence-corrected chi connectivity index (χ4v) is 4.73. The fraction of sp³-hybridized carbons (Fsp3) is 0.368. The number of hydrogen-bond acceptors (Lipinski definition) is 5. The van der Waals surface area contributed by atoms with E-state index in [-0.39, 0.29) is 27.0 Å². The van der Waals surface area contributed by atoms with E-state index >= 15 is 0 Å². The molecular formula is C19H19ClF3N3O4S. The summed E-state index contributed by atoms with van der Waals surface area (Å²) in [5.41, 5.74) is 0.113. The molecule has 1 saturated heterocycles. The molecule has 0 aliphatic carbocycles. The van der Waals surface area contributed by atoms with E-state index in [1.807, 2.05) is 0 Å². The Morgan fingerprint density at radius 1 is 1.16 bits per heavy atom. The second-order valence-electron chi connectivity index (χ2n) is 6.85. The zero-order valence-corrected chi connectivity index (χ0v) is 17.7. The standard InChI is InChI=1S/C19H19ClF3N3O4S/c20-16-6-5-14(31(28,29)26-8-2-1-3-9-26)10-15(16)18(27)25-13-4-7-17(24-11-13)30-12-19(21,22)23/h4-7,10-11H,1-3,8-9,12H2,(H,25,27). The lowest BCUT2D eigenvalue weighted by Crippen LogP contribution is -2.35. The van der Waals surface area contributed by atoms with Crippen molar-refractivity contribution in [2.75, 3.05) is 25.0 Å². The second-order valence-corrected chi connectivity index (χ2v) is 9.19. The number of rotatable bonds is 6. The minimum absolute atomic E-state index is 0.0435. The van der Waals surface area contributed by atoms with Gasteiger partial charge < -0.3 is 10.1 Å². The number of anilines is 1. The Morgan fingerprint density at radius 2 is 1.87 bits per heavy atom. The maximum Gasteiger partial charge on any atom is 0.422 e. The molecule has 31 heavy (non-hydrogen) atoms. The predicted molar refractivity (Wildman–Crippen MR) is 108 cm³/mol. The summed E-state index contributed by atoms with van der Waals surface area (Å²) in [4.78, 5) is 16.3. The number of hydrogen-bond donors (Lipinski definition) is 1. The Labute approximate surface area is 182 Å². The van der Waals surface area contributed by atoms with Crippen LogP contribution in [-0.2, 0) is 10.0 Å². The van der Waals surface area contributed by atoms with Crippen LogP contribution in [0, 0.1) is 0 Å². The summed E-state index contributed by atoms with van der Waals surface area (Å²) in [6, 6.07) is 6.35. The molecule has 1 amide bonds. The van der Waals surface area contributed by atoms with Crippen molar-refractivity contribution >= 4 is 33.2 Å². The van der Waals surface area contributed by atoms with Crippen molar-refractivity contribution in [3.05, 3.63) is 47.1 Å². The van der Waals surface area contributed by atoms with E-state index in [9.17, 15) is 26.4 Å². The van der Waals surface area contributed by atoms with Crippen LogP contribution < -0.4 is 10.1 Å². The number of alkyl halides is 3. The number of piperidine rings is 1. The third-order valence-corrected chi connectivity index (χ3v) is 6.74. The molecule has 168 valence electrons. The Hall–Kier alpha value is -2.37. The first-order valence-corrected chi connectivity index (χ1v) is 11.1. The van der Waals surface area contributed by atoms with Gasteiger partial charge in [0.2, 0.25) is 15.9 Å². The highest BCUT2D eigenvalue weighted by atomic mass is 35.5. The van der Waals surface area contributed by atoms with Crippen molar-refractivity contribution in [2.45, 2.75) is 30.3 Å². The van der Waals surface area contributed by atoms with Gasteiger partial charge in [-0.15, -0.1) is 0 Å². The minimum atomic E-state index is -4.50. The SMILES string of the molecule is O=C(Nc1ccc(OCC(F)(F)F)nc1)c1cc(S(=O)(=O)N2CCCCC2)ccc1Cl. The summed E-state index contributed by atoms with van der Waals surface area (Å²) in [6.07, 6.45) is -0.864. The molecule has 1 aliphatic heterocycles. The van der Waals surface area contributed by atoms with Crippen LogP contribution in [0.2, 0.25) is 5.02 Å². The summed E-state index contributed by atoms with van der Waals surface area (Å²) in [5.74, 6) is -0.950. The molecule has 12 heteroatoms. The van der Waals surface area contributed by atoms with Gasteiger partial charge in [0.25, 0.3) is 5.91 Å². The second kappa shape index (κ2) is 9.41. The molecule has 1 aromatic heterocycles. The molecule has 1 aliphatic rings. The third-order valence-electron chi connectivity index (χ3n) is 4.51. The number of benzene rings is 1. The summed E-state index contributed by atoms with van der Waals surface area (Å²) in [6.45, 7) is -0.651. The van der Waals surface area contributed by atoms with Crippen molar-refractivity contribution in [3.63, 3.8) is 0 Å². The number of nitrogens with zero attached hydrogens (tertiary/aromatic N) is 2. The van der Waals surface area contributed by atoms with E-state index < -0.39 is 28.7 Å². The monoisotopic (exact) mass is 477 g/mol. The maximum atomic E-state index is 12.8. The van der Waals surface area contributed by atoms with E-state index in [0.717, 1.165) is 25.5 Å². The van der Waals surface area contributed by atoms with Gasteiger partial charge in [-0.05, 0) is 37.1 Å². The third kappa shape index (κ3) is 6.08. The van der Waals surface area contributed by atoms with Gasteiger partial charge in [-0.3, -0.25) is 4.79 Å². The first-order chi connectivity index (χ1) is 14.6. The molecule has 1 N–H and O–H groups in total. The maximum absolute atomic E-state index is 12.8. The highest BCUT2D eigenvalue weighted by Gasteiger charge is 2.29. The Balaban J connectivity index is 1.74. The molecule has 3 rings (SSSR count). The van der Waals surface area contributed by atoms with E-state index in [2.05, 4.69) is 15.0 Å². The Morgan fingerprint density at radius 3 is 2.48 bits per heavy atom. The normalized spacial score (nSPS) is 15.5. The first kappa shape index (κ1) is 23.3. The number of amides is 1. The number of sulfonamides is 1. The molecule has 1 aromatic carbocycles. The van der Waals surface area contributed by atoms with Crippen molar-refractivity contribution in [2.24, 2.45) is 0 Å². The summed E-state index contributed by atoms with van der Waals surface area (Å²) in [5, 5.41) is 2.53. The van der Waals surface area contributed by atoms with Gasteiger partial charge in [-0.25, -0.2) is 13.4 Å². The van der Waals surface area contributed by atoms with Crippen LogP contribution in [0.3, 0.4) is 0 Å². The van der Waals surface area contributed by atoms with Crippen LogP contribution in [0.5, 0.6) is 5.88 Å². The summed E-state index contributed by atoms with van der Waals surface area (Å²) in [7, 11) is -3.76. The lowest BCUT2D eigenvalue weighted by molar-refractivity contribution is -0.154. The van der Waals surface area contributed by atoms with E-state index in [0.29, 0.717) is 13.1 Å². The molecule has 2 aromatic rings. The van der Waals surface area contributed by atoms with Crippen molar-refractivity contribution in [3.8, 4) is 5.88 Å². The first-order valence-electron chi connectivity index (χ1n) is 9.33. The molecule has 0 saturated carbocycles. The van der Waals surface area contributed by atoms with Crippen molar-refractivity contribution in [1.29, 1.82) is 0 Å². The summed E-state index contributed by atoms with van der Waals surface area (Å²) < 4.78 is 68.1. The van der Waals surface area contributed by atoms with E-state index in [4.69, 9.17) is 11.6 Å². The molecule has 0 bridgehead atoms. The van der Waals surface area contributed by atoms with Crippen LogP contribution in [0.25, 0.3) is 0 Å². The number of halogens is 4. The highest BCUT2D eigenvalue weighted by Crippen LogP contribution is 2.26. The Bertz CT molecular complexity index is 1040. The molecular weight excluding hydrogens is 459 g/mol. The van der Waals surface area contributed by atoms with Gasteiger partial charge in [-0.2, -0.15) is 17.5 Å². The zero-order chi connectivity index (χ0) is 22.6. The van der Waals surface area contributed by atoms with Crippen LogP contribution in [0.1, 0.15) is 29.6 Å². The summed E-state index contributed by atoms with van der Waals surface area (Å²) >= 11 is 6.09. The number of pyridine rings is 1. The Kier molecular flexibility index (Phi) is 7.07. The van der Waals surface area contributed by atoms with Crippen LogP contribution in [-0.4, -0.2) is 49.5 Å². The quantitative estimate of drug-likeness (QED) is 0.676. The predicted octanol–water partition coefficient (Wildman–Crippen LogP) is 4.10. The smallest absolute Gasteiger partial charge is 0.422 e. The van der Waals surface area contributed by atoms with Gasteiger partial charge in [0.05, 0.1) is 27.4 Å². The zero-order valence-electron chi connectivity index (χ0n) is 16.2. The number of ether oxygens (including phenoxy) is 1. The molecule has 0 atom stereocenters. The molecule has 0 spiro atoms. The molecule has 0 unspecified atom stereocenters. The van der Waals surface area contributed by atoms with Gasteiger partial charge in [0.15, 0.2) is 6.61 Å². The number of carbonyl (C=O) groups excluding carboxylic acids is 1. The topological polar surface area (TPSA) is 88.6 Å². The average molecular weight is 478 g/mol. The molecule has 7 nitrogen and oxygen atoms in total. The van der Waals surface area contributed by atoms with Crippen molar-refractivity contribution in [1.82, 2.24) is 9.29 Å². The largest absolute Gasteiger partial charge is 0.468 e. The van der Waals surface area contributed by atoms with Crippen LogP contribution in [0.15, 0.2) is 41.4 Å². The van der Waals surface area contributed by atoms with Gasteiger partial charge in [0.1, 0.15) is 0 Å². The number of carbonyl (C=O) groups is 1. The van der Waals surface area contributed by atoms with Crippen LogP contribution in [0.4, 0.5) is 18.9 Å². The fourth-order valence-electron chi connectivity index (χ4n) is 2.99.